The van der Waals surface area contributed by atoms with Gasteiger partial charge in [-0.05, 0) is 70.9 Å². The van der Waals surface area contributed by atoms with Gasteiger partial charge in [-0.2, -0.15) is 0 Å². The first-order valence-corrected chi connectivity index (χ1v) is 15.6. The number of nitrogens with zero attached hydrogens (tertiary/aromatic N) is 5. The van der Waals surface area contributed by atoms with Crippen molar-refractivity contribution in [1.82, 2.24) is 25.3 Å². The number of carbonyl (C=O) groups excluding carboxylic acids is 1. The lowest BCUT2D eigenvalue weighted by molar-refractivity contribution is 0.0692. The first kappa shape index (κ1) is 33.4. The van der Waals surface area contributed by atoms with Crippen molar-refractivity contribution < 1.29 is 33.7 Å². The van der Waals surface area contributed by atoms with Gasteiger partial charge in [0.2, 0.25) is 5.88 Å². The number of carboxylic acid groups (broad SMARTS) is 1. The van der Waals surface area contributed by atoms with Crippen LogP contribution in [0, 0.1) is 12.7 Å². The van der Waals surface area contributed by atoms with E-state index in [0.717, 1.165) is 16.0 Å². The summed E-state index contributed by atoms with van der Waals surface area (Å²) >= 11 is 1.35. The maximum Gasteiger partial charge on any atom is 0.412 e. The van der Waals surface area contributed by atoms with Gasteiger partial charge in [-0.15, -0.1) is 11.3 Å². The standard InChI is InChI=1S/C33H35FN6O6S/c1-17-11-21(29-25(12-17)38-28(45-6)16-37-29)31-39-24-13-22(34)26(14-27(24)47-31)46-19(3)18(2)40(32(42)43)20-7-8-23(36-15-20)30(41)35-10-9-33(4,5)44/h7-8,11-16,18-19,44H,9-10H2,1-6H3,(H,35,41)(H,42,43). The second kappa shape index (κ2) is 13.4. The van der Waals surface area contributed by atoms with Gasteiger partial charge in [0.15, 0.2) is 11.6 Å². The highest BCUT2D eigenvalue weighted by molar-refractivity contribution is 7.21. The van der Waals surface area contributed by atoms with Gasteiger partial charge in [0, 0.05) is 24.2 Å². The Morgan fingerprint density at radius 1 is 1.09 bits per heavy atom. The van der Waals surface area contributed by atoms with Gasteiger partial charge < -0.3 is 25.0 Å². The first-order valence-electron chi connectivity index (χ1n) is 14.8. The highest BCUT2D eigenvalue weighted by Gasteiger charge is 2.29. The number of ether oxygens (including phenoxy) is 2. The van der Waals surface area contributed by atoms with E-state index < -0.39 is 35.6 Å². The monoisotopic (exact) mass is 662 g/mol. The number of benzene rings is 2. The molecule has 0 bridgehead atoms. The third kappa shape index (κ3) is 7.55. The Morgan fingerprint density at radius 3 is 2.51 bits per heavy atom. The van der Waals surface area contributed by atoms with Crippen LogP contribution in [0.3, 0.4) is 0 Å². The van der Waals surface area contributed by atoms with Gasteiger partial charge in [0.25, 0.3) is 5.91 Å². The SMILES string of the molecule is COc1cnc2c(-c3nc4cc(F)c(OC(C)C(C)N(C(=O)O)c5ccc(C(=O)NCCC(C)(C)O)nc5)cc4s3)cc(C)cc2n1. The van der Waals surface area contributed by atoms with E-state index in [4.69, 9.17) is 9.47 Å². The number of halogens is 1. The van der Waals surface area contributed by atoms with Crippen LogP contribution in [0.4, 0.5) is 14.9 Å². The largest absolute Gasteiger partial charge is 0.485 e. The highest BCUT2D eigenvalue weighted by atomic mass is 32.1. The van der Waals surface area contributed by atoms with Crippen molar-refractivity contribution in [1.29, 1.82) is 0 Å². The van der Waals surface area contributed by atoms with Gasteiger partial charge in [0.05, 0.1) is 58.1 Å². The average molecular weight is 663 g/mol. The Bertz CT molecular complexity index is 1940. The van der Waals surface area contributed by atoms with Gasteiger partial charge in [0.1, 0.15) is 16.8 Å². The Morgan fingerprint density at radius 2 is 1.85 bits per heavy atom. The molecule has 246 valence electrons. The number of methoxy groups -OCH3 is 1. The second-order valence-electron chi connectivity index (χ2n) is 11.8. The molecule has 0 spiro atoms. The number of rotatable bonds is 11. The Balaban J connectivity index is 1.34. The van der Waals surface area contributed by atoms with Gasteiger partial charge in [-0.1, -0.05) is 0 Å². The number of aromatic nitrogens is 4. The molecule has 47 heavy (non-hydrogen) atoms. The summed E-state index contributed by atoms with van der Waals surface area (Å²) in [5, 5.41) is 23.2. The maximum atomic E-state index is 15.3. The van der Waals surface area contributed by atoms with Crippen LogP contribution in [-0.4, -0.2) is 73.6 Å². The average Bonchev–Trinajstić information content (AvgIpc) is 3.42. The molecule has 0 saturated carbocycles. The molecule has 0 aliphatic heterocycles. The van der Waals surface area contributed by atoms with Gasteiger partial charge >= 0.3 is 6.09 Å². The summed E-state index contributed by atoms with van der Waals surface area (Å²) in [7, 11) is 1.52. The molecule has 5 rings (SSSR count). The van der Waals surface area contributed by atoms with Crippen molar-refractivity contribution in [2.24, 2.45) is 0 Å². The quantitative estimate of drug-likeness (QED) is 0.153. The van der Waals surface area contributed by atoms with Gasteiger partial charge in [-0.25, -0.2) is 29.1 Å². The number of nitrogens with one attached hydrogen (secondary N) is 1. The fourth-order valence-electron chi connectivity index (χ4n) is 4.91. The number of carbonyl (C=O) groups is 2. The van der Waals surface area contributed by atoms with E-state index in [1.807, 2.05) is 19.1 Å². The summed E-state index contributed by atoms with van der Waals surface area (Å²) in [6.45, 7) is 8.75. The normalized spacial score (nSPS) is 12.9. The van der Waals surface area contributed by atoms with Crippen LogP contribution in [0.15, 0.2) is 48.8 Å². The van der Waals surface area contributed by atoms with Crippen LogP contribution in [0.1, 0.15) is 50.2 Å². The zero-order valence-corrected chi connectivity index (χ0v) is 27.6. The number of hydrogen-bond acceptors (Lipinski definition) is 10. The van der Waals surface area contributed by atoms with E-state index in [9.17, 15) is 19.8 Å². The Hall–Kier alpha value is -4.95. The molecule has 2 unspecified atom stereocenters. The topological polar surface area (TPSA) is 160 Å². The minimum absolute atomic E-state index is 0.0489. The summed E-state index contributed by atoms with van der Waals surface area (Å²) in [6, 6.07) is 8.80. The summed E-state index contributed by atoms with van der Waals surface area (Å²) in [5.74, 6) is -0.752. The Kier molecular flexibility index (Phi) is 9.54. The molecule has 2 amide bonds. The van der Waals surface area contributed by atoms with Crippen LogP contribution < -0.4 is 19.7 Å². The van der Waals surface area contributed by atoms with Crippen molar-refractivity contribution in [3.05, 3.63) is 65.9 Å². The number of aliphatic hydroxyl groups is 1. The predicted molar refractivity (Wildman–Crippen MR) is 177 cm³/mol. The van der Waals surface area contributed by atoms with Crippen LogP contribution in [0.5, 0.6) is 11.6 Å². The fraction of sp³-hybridized carbons (Fsp3) is 0.333. The third-order valence-electron chi connectivity index (χ3n) is 7.54. The van der Waals surface area contributed by atoms with E-state index in [1.54, 1.807) is 33.8 Å². The molecule has 3 aromatic heterocycles. The lowest BCUT2D eigenvalue weighted by Gasteiger charge is -2.31. The van der Waals surface area contributed by atoms with Crippen molar-refractivity contribution >= 4 is 50.3 Å². The fourth-order valence-corrected chi connectivity index (χ4v) is 5.90. The van der Waals surface area contributed by atoms with Crippen molar-refractivity contribution in [2.75, 3.05) is 18.6 Å². The highest BCUT2D eigenvalue weighted by Crippen LogP contribution is 2.37. The van der Waals surface area contributed by atoms with Crippen LogP contribution in [-0.2, 0) is 0 Å². The number of aryl methyl sites for hydroxylation is 1. The van der Waals surface area contributed by atoms with E-state index in [-0.39, 0.29) is 23.7 Å². The number of thiazole rings is 1. The molecule has 0 saturated heterocycles. The Labute approximate surface area is 274 Å². The molecule has 0 aliphatic carbocycles. The number of anilines is 1. The van der Waals surface area contributed by atoms with Crippen LogP contribution in [0.2, 0.25) is 0 Å². The molecule has 3 heterocycles. The second-order valence-corrected chi connectivity index (χ2v) is 12.8. The number of amides is 2. The lowest BCUT2D eigenvalue weighted by Crippen LogP contribution is -2.46. The zero-order chi connectivity index (χ0) is 34.0. The van der Waals surface area contributed by atoms with Crippen molar-refractivity contribution in [3.8, 4) is 22.2 Å². The van der Waals surface area contributed by atoms with Crippen molar-refractivity contribution in [3.63, 3.8) is 0 Å². The molecule has 0 aliphatic rings. The maximum absolute atomic E-state index is 15.3. The minimum atomic E-state index is -1.27. The summed E-state index contributed by atoms with van der Waals surface area (Å²) in [5.41, 5.74) is 2.80. The predicted octanol–water partition coefficient (Wildman–Crippen LogP) is 5.99. The number of fused-ring (bicyclic) bond motifs is 2. The lowest BCUT2D eigenvalue weighted by atomic mass is 10.1. The summed E-state index contributed by atoms with van der Waals surface area (Å²) in [6.07, 6.45) is 1.10. The molecular formula is C33H35FN6O6S. The molecule has 2 aromatic carbocycles. The van der Waals surface area contributed by atoms with Crippen molar-refractivity contribution in [2.45, 2.75) is 58.8 Å². The summed E-state index contributed by atoms with van der Waals surface area (Å²) < 4.78 is 27.2. The molecular weight excluding hydrogens is 627 g/mol. The number of pyridine rings is 1. The smallest absolute Gasteiger partial charge is 0.412 e. The molecule has 5 aromatic rings. The third-order valence-corrected chi connectivity index (χ3v) is 8.59. The zero-order valence-electron chi connectivity index (χ0n) is 26.7. The van der Waals surface area contributed by atoms with Crippen LogP contribution in [0.25, 0.3) is 31.8 Å². The molecule has 0 radical (unpaired) electrons. The molecule has 3 N–H and O–H groups in total. The molecule has 0 fully saturated rings. The molecule has 14 heteroatoms. The number of hydrogen-bond donors (Lipinski definition) is 3. The van der Waals surface area contributed by atoms with Gasteiger partial charge in [-0.3, -0.25) is 9.69 Å². The van der Waals surface area contributed by atoms with E-state index in [1.165, 1.54) is 49.0 Å². The van der Waals surface area contributed by atoms with E-state index >= 15 is 4.39 Å². The molecule has 2 atom stereocenters. The minimum Gasteiger partial charge on any atom is -0.485 e. The van der Waals surface area contributed by atoms with E-state index in [0.29, 0.717) is 38.6 Å². The first-order chi connectivity index (χ1) is 22.2. The summed E-state index contributed by atoms with van der Waals surface area (Å²) in [4.78, 5) is 43.6. The van der Waals surface area contributed by atoms with E-state index in [2.05, 4.69) is 25.3 Å². The molecule has 12 nitrogen and oxygen atoms in total. The van der Waals surface area contributed by atoms with Crippen LogP contribution >= 0.6 is 11.3 Å².